The van der Waals surface area contributed by atoms with Gasteiger partial charge < -0.3 is 10.5 Å². The Labute approximate surface area is 92.2 Å². The lowest BCUT2D eigenvalue weighted by Gasteiger charge is -2.11. The van der Waals surface area contributed by atoms with Crippen LogP contribution in [0.3, 0.4) is 0 Å². The third-order valence-electron chi connectivity index (χ3n) is 2.08. The Morgan fingerprint density at radius 3 is 2.50 bits per heavy atom. The molecule has 0 unspecified atom stereocenters. The fourth-order valence-corrected chi connectivity index (χ4v) is 1.28. The van der Waals surface area contributed by atoms with Crippen LogP contribution in [-0.4, -0.2) is 18.6 Å². The van der Waals surface area contributed by atoms with E-state index in [-0.39, 0.29) is 18.6 Å². The minimum atomic E-state index is -1.05. The summed E-state index contributed by atoms with van der Waals surface area (Å²) in [7, 11) is 0. The van der Waals surface area contributed by atoms with Crippen LogP contribution in [0.5, 0.6) is 0 Å². The molecule has 88 valence electrons. The smallest absolute Gasteiger partial charge is 0.323 e. The first-order valence-electron chi connectivity index (χ1n) is 4.91. The van der Waals surface area contributed by atoms with E-state index < -0.39 is 23.6 Å². The number of ether oxygens (including phenoxy) is 1. The van der Waals surface area contributed by atoms with Crippen LogP contribution in [0.15, 0.2) is 18.2 Å². The minimum Gasteiger partial charge on any atom is -0.465 e. The number of hydrogen-bond acceptors (Lipinski definition) is 3. The van der Waals surface area contributed by atoms with Gasteiger partial charge in [0, 0.05) is 12.0 Å². The highest BCUT2D eigenvalue weighted by Gasteiger charge is 2.19. The number of hydrogen-bond donors (Lipinski definition) is 1. The summed E-state index contributed by atoms with van der Waals surface area (Å²) in [6.45, 7) is 1.82. The Balaban J connectivity index is 2.76. The number of carbonyl (C=O) groups excluding carboxylic acids is 1. The largest absolute Gasteiger partial charge is 0.465 e. The van der Waals surface area contributed by atoms with Crippen molar-refractivity contribution in [3.63, 3.8) is 0 Å². The van der Waals surface area contributed by atoms with Gasteiger partial charge in [-0.05, 0) is 19.1 Å². The highest BCUT2D eigenvalue weighted by Crippen LogP contribution is 2.13. The summed E-state index contributed by atoms with van der Waals surface area (Å²) in [6.07, 6.45) is -0.211. The number of halogens is 2. The van der Waals surface area contributed by atoms with Crippen molar-refractivity contribution in [2.24, 2.45) is 5.73 Å². The van der Waals surface area contributed by atoms with Crippen molar-refractivity contribution in [3.05, 3.63) is 35.4 Å². The van der Waals surface area contributed by atoms with Crippen LogP contribution in [0.2, 0.25) is 0 Å². The Bertz CT molecular complexity index is 362. The maximum Gasteiger partial charge on any atom is 0.323 e. The van der Waals surface area contributed by atoms with E-state index in [1.807, 2.05) is 0 Å². The average molecular weight is 229 g/mol. The maximum absolute atomic E-state index is 13.2. The molecule has 3 nitrogen and oxygen atoms in total. The molecule has 0 spiro atoms. The van der Waals surface area contributed by atoms with E-state index in [1.54, 1.807) is 6.92 Å². The number of nitrogens with two attached hydrogens (primary N) is 1. The zero-order valence-corrected chi connectivity index (χ0v) is 8.87. The molecule has 1 aromatic rings. The van der Waals surface area contributed by atoms with Crippen molar-refractivity contribution in [2.45, 2.75) is 19.4 Å². The van der Waals surface area contributed by atoms with Crippen molar-refractivity contribution >= 4 is 5.97 Å². The van der Waals surface area contributed by atoms with E-state index in [4.69, 9.17) is 5.73 Å². The molecule has 0 aliphatic heterocycles. The summed E-state index contributed by atoms with van der Waals surface area (Å²) >= 11 is 0. The van der Waals surface area contributed by atoms with Crippen LogP contribution in [0.25, 0.3) is 0 Å². The molecule has 0 aliphatic carbocycles. The van der Waals surface area contributed by atoms with Gasteiger partial charge in [0.25, 0.3) is 0 Å². The first-order valence-corrected chi connectivity index (χ1v) is 4.91. The lowest BCUT2D eigenvalue weighted by molar-refractivity contribution is -0.144. The molecule has 1 atom stereocenters. The van der Waals surface area contributed by atoms with Gasteiger partial charge in [-0.3, -0.25) is 4.79 Å². The van der Waals surface area contributed by atoms with Crippen molar-refractivity contribution in [1.82, 2.24) is 0 Å². The third-order valence-corrected chi connectivity index (χ3v) is 2.08. The quantitative estimate of drug-likeness (QED) is 0.794. The standard InChI is InChI=1S/C11H13F2NO2/c1-2-16-11(15)10(14)6-7-8(12)4-3-5-9(7)13/h3-5,10H,2,6,14H2,1H3/t10-/m0/s1. The minimum absolute atomic E-state index is 0.187. The Morgan fingerprint density at radius 1 is 1.44 bits per heavy atom. The second-order valence-electron chi connectivity index (χ2n) is 3.26. The molecule has 0 bridgehead atoms. The van der Waals surface area contributed by atoms with Gasteiger partial charge in [0.15, 0.2) is 0 Å². The van der Waals surface area contributed by atoms with Gasteiger partial charge in [0.05, 0.1) is 6.61 Å². The van der Waals surface area contributed by atoms with Crippen LogP contribution in [0.1, 0.15) is 12.5 Å². The van der Waals surface area contributed by atoms with Crippen molar-refractivity contribution in [1.29, 1.82) is 0 Å². The summed E-state index contributed by atoms with van der Waals surface area (Å²) < 4.78 is 31.1. The third kappa shape index (κ3) is 3.00. The predicted octanol–water partition coefficient (Wildman–Crippen LogP) is 1.40. The molecule has 1 rings (SSSR count). The molecule has 0 radical (unpaired) electrons. The highest BCUT2D eigenvalue weighted by molar-refractivity contribution is 5.75. The molecular formula is C11H13F2NO2. The number of benzene rings is 1. The van der Waals surface area contributed by atoms with Gasteiger partial charge in [-0.25, -0.2) is 8.78 Å². The zero-order valence-electron chi connectivity index (χ0n) is 8.87. The molecule has 0 saturated heterocycles. The number of rotatable bonds is 4. The van der Waals surface area contributed by atoms with Crippen molar-refractivity contribution in [2.75, 3.05) is 6.61 Å². The Hall–Kier alpha value is -1.49. The fraction of sp³-hybridized carbons (Fsp3) is 0.364. The topological polar surface area (TPSA) is 52.3 Å². The van der Waals surface area contributed by atoms with E-state index in [9.17, 15) is 13.6 Å². The van der Waals surface area contributed by atoms with Gasteiger partial charge in [-0.15, -0.1) is 0 Å². The van der Waals surface area contributed by atoms with E-state index in [0.717, 1.165) is 12.1 Å². The van der Waals surface area contributed by atoms with Crippen LogP contribution in [0.4, 0.5) is 8.78 Å². The predicted molar refractivity (Wildman–Crippen MR) is 54.7 cm³/mol. The molecule has 0 aromatic heterocycles. The van der Waals surface area contributed by atoms with Crippen LogP contribution in [-0.2, 0) is 16.0 Å². The van der Waals surface area contributed by atoms with E-state index in [2.05, 4.69) is 4.74 Å². The van der Waals surface area contributed by atoms with Gasteiger partial charge in [-0.1, -0.05) is 6.07 Å². The zero-order chi connectivity index (χ0) is 12.1. The number of esters is 1. The van der Waals surface area contributed by atoms with E-state index in [1.165, 1.54) is 6.07 Å². The molecule has 5 heteroatoms. The maximum atomic E-state index is 13.2. The molecule has 0 amide bonds. The second kappa shape index (κ2) is 5.55. The molecule has 2 N–H and O–H groups in total. The number of carbonyl (C=O) groups is 1. The molecular weight excluding hydrogens is 216 g/mol. The monoisotopic (exact) mass is 229 g/mol. The van der Waals surface area contributed by atoms with Gasteiger partial charge >= 0.3 is 5.97 Å². The SMILES string of the molecule is CCOC(=O)[C@@H](N)Cc1c(F)cccc1F. The molecule has 0 saturated carbocycles. The fourth-order valence-electron chi connectivity index (χ4n) is 1.28. The summed E-state index contributed by atoms with van der Waals surface area (Å²) in [6, 6.07) is 2.45. The first kappa shape index (κ1) is 12.6. The summed E-state index contributed by atoms with van der Waals surface area (Å²) in [4.78, 5) is 11.2. The van der Waals surface area contributed by atoms with E-state index in [0.29, 0.717) is 0 Å². The average Bonchev–Trinajstić information content (AvgIpc) is 2.23. The normalized spacial score (nSPS) is 12.2. The first-order chi connectivity index (χ1) is 7.56. The molecule has 0 heterocycles. The van der Waals surface area contributed by atoms with Crippen LogP contribution in [0, 0.1) is 11.6 Å². The molecule has 0 aliphatic rings. The van der Waals surface area contributed by atoms with E-state index >= 15 is 0 Å². The Morgan fingerprint density at radius 2 is 2.00 bits per heavy atom. The summed E-state index contributed by atoms with van der Waals surface area (Å²) in [5.74, 6) is -2.08. The summed E-state index contributed by atoms with van der Waals surface area (Å²) in [5.41, 5.74) is 5.27. The van der Waals surface area contributed by atoms with Gasteiger partial charge in [-0.2, -0.15) is 0 Å². The van der Waals surface area contributed by atoms with Crippen LogP contribution < -0.4 is 5.73 Å². The van der Waals surface area contributed by atoms with Gasteiger partial charge in [0.1, 0.15) is 17.7 Å². The Kier molecular flexibility index (Phi) is 4.37. The van der Waals surface area contributed by atoms with Crippen molar-refractivity contribution < 1.29 is 18.3 Å². The second-order valence-corrected chi connectivity index (χ2v) is 3.26. The molecule has 1 aromatic carbocycles. The molecule has 0 fully saturated rings. The molecule has 16 heavy (non-hydrogen) atoms. The summed E-state index contributed by atoms with van der Waals surface area (Å²) in [5, 5.41) is 0. The van der Waals surface area contributed by atoms with Crippen molar-refractivity contribution in [3.8, 4) is 0 Å². The lowest BCUT2D eigenvalue weighted by Crippen LogP contribution is -2.35. The van der Waals surface area contributed by atoms with Crippen LogP contribution >= 0.6 is 0 Å². The van der Waals surface area contributed by atoms with Gasteiger partial charge in [0.2, 0.25) is 0 Å². The highest BCUT2D eigenvalue weighted by atomic mass is 19.1. The lowest BCUT2D eigenvalue weighted by atomic mass is 10.1.